The Kier molecular flexibility index (Phi) is 3.92. The van der Waals surface area contributed by atoms with Crippen molar-refractivity contribution in [3.05, 3.63) is 23.8 Å². The first-order chi connectivity index (χ1) is 8.49. The third kappa shape index (κ3) is 3.03. The lowest BCUT2D eigenvalue weighted by Gasteiger charge is -2.10. The Balaban J connectivity index is 2.07. The van der Waals surface area contributed by atoms with Crippen LogP contribution in [0.3, 0.4) is 0 Å². The van der Waals surface area contributed by atoms with Gasteiger partial charge in [-0.15, -0.1) is 0 Å². The van der Waals surface area contributed by atoms with Crippen LogP contribution in [-0.4, -0.2) is 26.9 Å². The number of hydrogen-bond donors (Lipinski definition) is 1. The number of sulfone groups is 1. The van der Waals surface area contributed by atoms with E-state index in [4.69, 9.17) is 10.5 Å². The zero-order valence-corrected chi connectivity index (χ0v) is 11.4. The highest BCUT2D eigenvalue weighted by molar-refractivity contribution is 7.91. The molecule has 2 N–H and O–H groups in total. The summed E-state index contributed by atoms with van der Waals surface area (Å²) in [6, 6.07) is 4.86. The minimum Gasteiger partial charge on any atom is -0.399 e. The molecule has 0 bridgehead atoms. The SMILES string of the molecule is Cc1cc(S(=O)(=O)CCC2CCCO2)ccc1N. The molecule has 0 saturated carbocycles. The van der Waals surface area contributed by atoms with Crippen LogP contribution in [0.15, 0.2) is 23.1 Å². The maximum Gasteiger partial charge on any atom is 0.178 e. The zero-order chi connectivity index (χ0) is 13.2. The average molecular weight is 269 g/mol. The van der Waals surface area contributed by atoms with Crippen molar-refractivity contribution >= 4 is 15.5 Å². The summed E-state index contributed by atoms with van der Waals surface area (Å²) in [5, 5.41) is 0. The first-order valence-electron chi connectivity index (χ1n) is 6.19. The van der Waals surface area contributed by atoms with Gasteiger partial charge in [0.1, 0.15) is 0 Å². The van der Waals surface area contributed by atoms with Crippen molar-refractivity contribution in [1.29, 1.82) is 0 Å². The molecule has 1 unspecified atom stereocenters. The maximum atomic E-state index is 12.2. The number of anilines is 1. The fourth-order valence-corrected chi connectivity index (χ4v) is 3.56. The van der Waals surface area contributed by atoms with Gasteiger partial charge in [0.2, 0.25) is 0 Å². The normalized spacial score (nSPS) is 20.2. The van der Waals surface area contributed by atoms with E-state index in [1.165, 1.54) is 0 Å². The van der Waals surface area contributed by atoms with Gasteiger partial charge in [-0.05, 0) is 49.9 Å². The highest BCUT2D eigenvalue weighted by atomic mass is 32.2. The van der Waals surface area contributed by atoms with Gasteiger partial charge in [0.05, 0.1) is 16.8 Å². The number of hydrogen-bond acceptors (Lipinski definition) is 4. The predicted octanol–water partition coefficient (Wildman–Crippen LogP) is 1.92. The number of nitrogens with two attached hydrogens (primary N) is 1. The Morgan fingerprint density at radius 3 is 2.83 bits per heavy atom. The minimum absolute atomic E-state index is 0.106. The number of benzene rings is 1. The fraction of sp³-hybridized carbons (Fsp3) is 0.538. The molecule has 0 aromatic heterocycles. The van der Waals surface area contributed by atoms with Crippen molar-refractivity contribution in [3.63, 3.8) is 0 Å². The summed E-state index contributed by atoms with van der Waals surface area (Å²) < 4.78 is 29.8. The minimum atomic E-state index is -3.22. The Morgan fingerprint density at radius 2 is 2.22 bits per heavy atom. The van der Waals surface area contributed by atoms with Crippen molar-refractivity contribution in [2.75, 3.05) is 18.1 Å². The van der Waals surface area contributed by atoms with E-state index >= 15 is 0 Å². The molecule has 1 heterocycles. The monoisotopic (exact) mass is 269 g/mol. The summed E-state index contributed by atoms with van der Waals surface area (Å²) in [4.78, 5) is 0.354. The number of aryl methyl sites for hydroxylation is 1. The van der Waals surface area contributed by atoms with Crippen LogP contribution < -0.4 is 5.73 Å². The van der Waals surface area contributed by atoms with Crippen LogP contribution >= 0.6 is 0 Å². The van der Waals surface area contributed by atoms with E-state index in [1.54, 1.807) is 18.2 Å². The topological polar surface area (TPSA) is 69.4 Å². The smallest absolute Gasteiger partial charge is 0.178 e. The molecule has 0 spiro atoms. The van der Waals surface area contributed by atoms with Gasteiger partial charge >= 0.3 is 0 Å². The molecule has 1 atom stereocenters. The zero-order valence-electron chi connectivity index (χ0n) is 10.6. The number of ether oxygens (including phenoxy) is 1. The second-order valence-electron chi connectivity index (χ2n) is 4.76. The summed E-state index contributed by atoms with van der Waals surface area (Å²) in [5.41, 5.74) is 7.11. The second kappa shape index (κ2) is 5.28. The molecule has 5 heteroatoms. The quantitative estimate of drug-likeness (QED) is 0.848. The van der Waals surface area contributed by atoms with Crippen LogP contribution in [0.5, 0.6) is 0 Å². The molecule has 1 aromatic rings. The molecular formula is C13H19NO3S. The lowest BCUT2D eigenvalue weighted by Crippen LogP contribution is -2.14. The fourth-order valence-electron chi connectivity index (χ4n) is 2.12. The summed E-state index contributed by atoms with van der Waals surface area (Å²) in [5.74, 6) is 0.140. The lowest BCUT2D eigenvalue weighted by atomic mass is 10.2. The van der Waals surface area contributed by atoms with E-state index in [0.29, 0.717) is 17.0 Å². The predicted molar refractivity (Wildman–Crippen MR) is 71.2 cm³/mol. The Morgan fingerprint density at radius 1 is 1.44 bits per heavy atom. The van der Waals surface area contributed by atoms with Gasteiger partial charge in [-0.25, -0.2) is 8.42 Å². The third-order valence-electron chi connectivity index (χ3n) is 3.33. The molecule has 1 saturated heterocycles. The Bertz CT molecular complexity index is 519. The van der Waals surface area contributed by atoms with E-state index in [0.717, 1.165) is 25.0 Å². The largest absolute Gasteiger partial charge is 0.399 e. The first-order valence-corrected chi connectivity index (χ1v) is 7.85. The molecule has 1 aliphatic heterocycles. The molecule has 0 amide bonds. The molecule has 100 valence electrons. The maximum absolute atomic E-state index is 12.2. The average Bonchev–Trinajstić information content (AvgIpc) is 2.83. The summed E-state index contributed by atoms with van der Waals surface area (Å²) in [6.45, 7) is 2.57. The highest BCUT2D eigenvalue weighted by Gasteiger charge is 2.21. The van der Waals surface area contributed by atoms with Crippen LogP contribution in [0.4, 0.5) is 5.69 Å². The van der Waals surface area contributed by atoms with E-state index < -0.39 is 9.84 Å². The van der Waals surface area contributed by atoms with Crippen molar-refractivity contribution in [3.8, 4) is 0 Å². The molecule has 18 heavy (non-hydrogen) atoms. The van der Waals surface area contributed by atoms with Gasteiger partial charge in [0, 0.05) is 12.3 Å². The Hall–Kier alpha value is -1.07. The van der Waals surface area contributed by atoms with Gasteiger partial charge in [-0.2, -0.15) is 0 Å². The van der Waals surface area contributed by atoms with Crippen molar-refractivity contribution in [2.45, 2.75) is 37.2 Å². The second-order valence-corrected chi connectivity index (χ2v) is 6.87. The first kappa shape index (κ1) is 13.4. The summed E-state index contributed by atoms with van der Waals surface area (Å²) >= 11 is 0. The van der Waals surface area contributed by atoms with Crippen molar-refractivity contribution < 1.29 is 13.2 Å². The van der Waals surface area contributed by atoms with Crippen LogP contribution in [0.1, 0.15) is 24.8 Å². The molecule has 2 rings (SSSR count). The molecule has 0 radical (unpaired) electrons. The molecule has 4 nitrogen and oxygen atoms in total. The van der Waals surface area contributed by atoms with Crippen molar-refractivity contribution in [1.82, 2.24) is 0 Å². The highest BCUT2D eigenvalue weighted by Crippen LogP contribution is 2.21. The van der Waals surface area contributed by atoms with E-state index in [9.17, 15) is 8.42 Å². The van der Waals surface area contributed by atoms with E-state index in [1.807, 2.05) is 6.92 Å². The molecule has 1 aromatic carbocycles. The molecular weight excluding hydrogens is 250 g/mol. The van der Waals surface area contributed by atoms with E-state index in [2.05, 4.69) is 0 Å². The number of rotatable bonds is 4. The van der Waals surface area contributed by atoms with Crippen LogP contribution in [0.2, 0.25) is 0 Å². The van der Waals surface area contributed by atoms with Gasteiger partial charge in [-0.1, -0.05) is 0 Å². The van der Waals surface area contributed by atoms with Crippen LogP contribution in [-0.2, 0) is 14.6 Å². The summed E-state index contributed by atoms with van der Waals surface area (Å²) in [7, 11) is -3.22. The van der Waals surface area contributed by atoms with Gasteiger partial charge in [0.15, 0.2) is 9.84 Å². The van der Waals surface area contributed by atoms with Crippen LogP contribution in [0.25, 0.3) is 0 Å². The van der Waals surface area contributed by atoms with Crippen molar-refractivity contribution in [2.24, 2.45) is 0 Å². The van der Waals surface area contributed by atoms with Gasteiger partial charge in [0.25, 0.3) is 0 Å². The lowest BCUT2D eigenvalue weighted by molar-refractivity contribution is 0.109. The number of nitrogen functional groups attached to an aromatic ring is 1. The molecule has 0 aliphatic carbocycles. The third-order valence-corrected chi connectivity index (χ3v) is 5.08. The van der Waals surface area contributed by atoms with Gasteiger partial charge < -0.3 is 10.5 Å². The van der Waals surface area contributed by atoms with Crippen LogP contribution in [0, 0.1) is 6.92 Å². The molecule has 1 aliphatic rings. The Labute approximate surface area is 108 Å². The standard InChI is InChI=1S/C13H19NO3S/c1-10-9-12(4-5-13(10)14)18(15,16)8-6-11-3-2-7-17-11/h4-5,9,11H,2-3,6-8,14H2,1H3. The summed E-state index contributed by atoms with van der Waals surface area (Å²) in [6.07, 6.45) is 2.68. The molecule has 1 fully saturated rings. The van der Waals surface area contributed by atoms with Gasteiger partial charge in [-0.3, -0.25) is 0 Å². The van der Waals surface area contributed by atoms with E-state index in [-0.39, 0.29) is 11.9 Å².